The largest absolute Gasteiger partial charge is 0.480 e. The molecule has 15 heavy (non-hydrogen) atoms. The normalized spacial score (nSPS) is 40.9. The number of hydrogen-bond donors (Lipinski definition) is 3. The van der Waals surface area contributed by atoms with E-state index in [-0.39, 0.29) is 12.6 Å². The highest BCUT2D eigenvalue weighted by Crippen LogP contribution is 2.38. The third kappa shape index (κ3) is 2.32. The smallest absolute Gasteiger partial charge is 0.320 e. The van der Waals surface area contributed by atoms with Gasteiger partial charge in [-0.15, -0.1) is 0 Å². The molecular weight excluding hydrogens is 194 g/mol. The van der Waals surface area contributed by atoms with E-state index in [1.807, 2.05) is 0 Å². The summed E-state index contributed by atoms with van der Waals surface area (Å²) in [5, 5.41) is 21.2. The van der Waals surface area contributed by atoms with E-state index >= 15 is 0 Å². The van der Waals surface area contributed by atoms with Crippen LogP contribution in [0.2, 0.25) is 0 Å². The SMILES string of the molecule is O=C(O)C1CC2CC(CO)CCC2CN1. The van der Waals surface area contributed by atoms with Gasteiger partial charge in [0.05, 0.1) is 0 Å². The number of carboxylic acid groups (broad SMARTS) is 1. The second kappa shape index (κ2) is 4.49. The second-order valence-corrected chi connectivity index (χ2v) is 4.92. The Balaban J connectivity index is 1.94. The molecule has 2 aliphatic rings. The van der Waals surface area contributed by atoms with Crippen molar-refractivity contribution in [2.75, 3.05) is 13.2 Å². The minimum Gasteiger partial charge on any atom is -0.480 e. The molecule has 1 heterocycles. The van der Waals surface area contributed by atoms with Crippen molar-refractivity contribution in [1.29, 1.82) is 0 Å². The first-order chi connectivity index (χ1) is 7.20. The van der Waals surface area contributed by atoms with Crippen molar-refractivity contribution in [3.63, 3.8) is 0 Å². The van der Waals surface area contributed by atoms with E-state index in [2.05, 4.69) is 5.32 Å². The lowest BCUT2D eigenvalue weighted by atomic mass is 9.70. The van der Waals surface area contributed by atoms with Crippen LogP contribution in [-0.2, 0) is 4.79 Å². The van der Waals surface area contributed by atoms with Gasteiger partial charge in [0.25, 0.3) is 0 Å². The number of piperidine rings is 1. The molecule has 1 aliphatic heterocycles. The molecule has 2 fully saturated rings. The molecule has 1 aliphatic carbocycles. The first kappa shape index (κ1) is 10.9. The molecule has 1 saturated carbocycles. The van der Waals surface area contributed by atoms with Gasteiger partial charge in [-0.3, -0.25) is 4.79 Å². The Bertz CT molecular complexity index is 244. The molecule has 4 nitrogen and oxygen atoms in total. The number of aliphatic carboxylic acids is 1. The molecule has 3 N–H and O–H groups in total. The molecule has 1 saturated heterocycles. The molecule has 0 bridgehead atoms. The summed E-state index contributed by atoms with van der Waals surface area (Å²) in [6.45, 7) is 1.09. The van der Waals surface area contributed by atoms with Crippen LogP contribution in [0.4, 0.5) is 0 Å². The van der Waals surface area contributed by atoms with Crippen molar-refractivity contribution in [2.24, 2.45) is 17.8 Å². The Morgan fingerprint density at radius 2 is 2.07 bits per heavy atom. The Labute approximate surface area is 89.7 Å². The van der Waals surface area contributed by atoms with Crippen LogP contribution in [0.3, 0.4) is 0 Å². The number of rotatable bonds is 2. The monoisotopic (exact) mass is 213 g/mol. The summed E-state index contributed by atoms with van der Waals surface area (Å²) in [5.74, 6) is 0.792. The van der Waals surface area contributed by atoms with Gasteiger partial charge in [0.15, 0.2) is 0 Å². The summed E-state index contributed by atoms with van der Waals surface area (Å²) < 4.78 is 0. The third-order valence-corrected chi connectivity index (χ3v) is 3.97. The molecule has 4 heteroatoms. The fourth-order valence-electron chi connectivity index (χ4n) is 3.02. The lowest BCUT2D eigenvalue weighted by molar-refractivity contribution is -0.141. The van der Waals surface area contributed by atoms with Crippen molar-refractivity contribution < 1.29 is 15.0 Å². The van der Waals surface area contributed by atoms with E-state index in [0.717, 1.165) is 32.2 Å². The lowest BCUT2D eigenvalue weighted by Gasteiger charge is -2.41. The Morgan fingerprint density at radius 1 is 1.27 bits per heavy atom. The zero-order chi connectivity index (χ0) is 10.8. The van der Waals surface area contributed by atoms with Gasteiger partial charge in [0.1, 0.15) is 6.04 Å². The predicted molar refractivity (Wildman–Crippen MR) is 55.5 cm³/mol. The number of aliphatic hydroxyl groups excluding tert-OH is 1. The van der Waals surface area contributed by atoms with E-state index in [4.69, 9.17) is 10.2 Å². The van der Waals surface area contributed by atoms with Crippen LogP contribution in [0, 0.1) is 17.8 Å². The van der Waals surface area contributed by atoms with Crippen LogP contribution in [0.25, 0.3) is 0 Å². The van der Waals surface area contributed by atoms with Crippen LogP contribution in [-0.4, -0.2) is 35.4 Å². The molecule has 2 rings (SSSR count). The fraction of sp³-hybridized carbons (Fsp3) is 0.909. The van der Waals surface area contributed by atoms with E-state index in [0.29, 0.717) is 17.8 Å². The summed E-state index contributed by atoms with van der Waals surface area (Å²) >= 11 is 0. The second-order valence-electron chi connectivity index (χ2n) is 4.92. The quantitative estimate of drug-likeness (QED) is 0.623. The molecule has 0 aromatic rings. The zero-order valence-electron chi connectivity index (χ0n) is 8.85. The molecule has 0 spiro atoms. The molecule has 4 atom stereocenters. The average molecular weight is 213 g/mol. The molecule has 4 unspecified atom stereocenters. The van der Waals surface area contributed by atoms with Crippen molar-refractivity contribution in [3.8, 4) is 0 Å². The topological polar surface area (TPSA) is 69.6 Å². The number of nitrogens with one attached hydrogen (secondary N) is 1. The van der Waals surface area contributed by atoms with Crippen molar-refractivity contribution in [2.45, 2.75) is 31.7 Å². The number of carbonyl (C=O) groups is 1. The maximum absolute atomic E-state index is 10.9. The highest BCUT2D eigenvalue weighted by Gasteiger charge is 2.37. The van der Waals surface area contributed by atoms with Gasteiger partial charge < -0.3 is 15.5 Å². The summed E-state index contributed by atoms with van der Waals surface area (Å²) in [7, 11) is 0. The molecule has 0 aromatic carbocycles. The number of aliphatic hydroxyl groups is 1. The fourth-order valence-corrected chi connectivity index (χ4v) is 3.02. The predicted octanol–water partition coefficient (Wildman–Crippen LogP) is 0.458. The van der Waals surface area contributed by atoms with Crippen LogP contribution in [0.1, 0.15) is 25.7 Å². The summed E-state index contributed by atoms with van der Waals surface area (Å²) in [5.41, 5.74) is 0. The van der Waals surface area contributed by atoms with Gasteiger partial charge in [-0.2, -0.15) is 0 Å². The standard InChI is InChI=1S/C11H19NO3/c13-6-7-1-2-8-5-12-10(11(14)15)4-9(8)3-7/h7-10,12-13H,1-6H2,(H,14,15). The summed E-state index contributed by atoms with van der Waals surface area (Å²) in [6.07, 6.45) is 3.97. The highest BCUT2D eigenvalue weighted by atomic mass is 16.4. The Hall–Kier alpha value is -0.610. The summed E-state index contributed by atoms with van der Waals surface area (Å²) in [6, 6.07) is -0.372. The van der Waals surface area contributed by atoms with Gasteiger partial charge >= 0.3 is 5.97 Å². The molecule has 0 aromatic heterocycles. The molecule has 86 valence electrons. The maximum atomic E-state index is 10.9. The summed E-state index contributed by atoms with van der Waals surface area (Å²) in [4.78, 5) is 10.9. The van der Waals surface area contributed by atoms with Gasteiger partial charge in [-0.25, -0.2) is 0 Å². The Morgan fingerprint density at radius 3 is 2.73 bits per heavy atom. The van der Waals surface area contributed by atoms with Crippen LogP contribution in [0.15, 0.2) is 0 Å². The van der Waals surface area contributed by atoms with E-state index in [1.165, 1.54) is 0 Å². The lowest BCUT2D eigenvalue weighted by Crippen LogP contribution is -2.49. The molecular formula is C11H19NO3. The maximum Gasteiger partial charge on any atom is 0.320 e. The van der Waals surface area contributed by atoms with Crippen LogP contribution < -0.4 is 5.32 Å². The van der Waals surface area contributed by atoms with Crippen LogP contribution in [0.5, 0.6) is 0 Å². The number of hydrogen-bond acceptors (Lipinski definition) is 3. The minimum atomic E-state index is -0.737. The number of carboxylic acids is 1. The first-order valence-electron chi connectivity index (χ1n) is 5.77. The minimum absolute atomic E-state index is 0.258. The zero-order valence-corrected chi connectivity index (χ0v) is 8.85. The number of fused-ring (bicyclic) bond motifs is 1. The van der Waals surface area contributed by atoms with Crippen molar-refractivity contribution >= 4 is 5.97 Å². The average Bonchev–Trinajstić information content (AvgIpc) is 2.27. The van der Waals surface area contributed by atoms with Gasteiger partial charge in [-0.05, 0) is 50.0 Å². The van der Waals surface area contributed by atoms with Crippen molar-refractivity contribution in [3.05, 3.63) is 0 Å². The van der Waals surface area contributed by atoms with Crippen LogP contribution >= 0.6 is 0 Å². The van der Waals surface area contributed by atoms with Gasteiger partial charge in [0, 0.05) is 6.61 Å². The van der Waals surface area contributed by atoms with E-state index < -0.39 is 5.97 Å². The van der Waals surface area contributed by atoms with E-state index in [1.54, 1.807) is 0 Å². The highest BCUT2D eigenvalue weighted by molar-refractivity contribution is 5.73. The molecule has 0 amide bonds. The van der Waals surface area contributed by atoms with E-state index in [9.17, 15) is 4.79 Å². The Kier molecular flexibility index (Phi) is 3.26. The molecule has 0 radical (unpaired) electrons. The first-order valence-corrected chi connectivity index (χ1v) is 5.77. The van der Waals surface area contributed by atoms with Gasteiger partial charge in [-0.1, -0.05) is 0 Å². The third-order valence-electron chi connectivity index (χ3n) is 3.97. The van der Waals surface area contributed by atoms with Crippen molar-refractivity contribution in [1.82, 2.24) is 5.32 Å². The van der Waals surface area contributed by atoms with Gasteiger partial charge in [0.2, 0.25) is 0 Å².